The number of rotatable bonds is 6. The van der Waals surface area contributed by atoms with Crippen molar-refractivity contribution in [1.82, 2.24) is 29.3 Å². The average Bonchev–Trinajstić information content (AvgIpc) is 3.58. The molecule has 1 saturated carbocycles. The molecular weight excluding hydrogens is 442 g/mol. The van der Waals surface area contributed by atoms with E-state index in [2.05, 4.69) is 25.5 Å². The second-order valence-corrected chi connectivity index (χ2v) is 9.19. The Kier molecular flexibility index (Phi) is 5.76. The molecule has 1 aliphatic rings. The zero-order valence-electron chi connectivity index (χ0n) is 20.2. The first-order chi connectivity index (χ1) is 16.8. The van der Waals surface area contributed by atoms with Crippen LogP contribution in [-0.2, 0) is 7.05 Å². The normalized spacial score (nSPS) is 13.3. The summed E-state index contributed by atoms with van der Waals surface area (Å²) in [5.41, 5.74) is 3.75. The maximum Gasteiger partial charge on any atom is 0.263 e. The van der Waals surface area contributed by atoms with E-state index in [9.17, 15) is 9.59 Å². The number of pyridine rings is 3. The highest BCUT2D eigenvalue weighted by atomic mass is 16.2. The summed E-state index contributed by atoms with van der Waals surface area (Å²) in [4.78, 5) is 35.3. The third-order valence-corrected chi connectivity index (χ3v) is 6.40. The maximum absolute atomic E-state index is 13.2. The molecule has 0 spiro atoms. The number of amides is 1. The average molecular weight is 470 g/mol. The van der Waals surface area contributed by atoms with Crippen LogP contribution in [0.1, 0.15) is 60.4 Å². The summed E-state index contributed by atoms with van der Waals surface area (Å²) in [7, 11) is 1.67. The van der Waals surface area contributed by atoms with E-state index in [1.165, 1.54) is 17.4 Å². The predicted molar refractivity (Wildman–Crippen MR) is 133 cm³/mol. The van der Waals surface area contributed by atoms with Gasteiger partial charge in [-0.1, -0.05) is 12.1 Å². The molecule has 0 atom stereocenters. The standard InChI is InChI=1S/C26H27N7O2/c1-15(2)33-14-28-31-24(33)22-6-5-7-23(29-22)30-25(34)20-12-19(16(3)32(4)26(20)35)18-10-11-21(27-13-18)17-8-9-17/h5-7,10-15,17H,8-9H2,1-4H3,(H,29,30,34). The van der Waals surface area contributed by atoms with Crippen molar-refractivity contribution in [3.8, 4) is 22.6 Å². The van der Waals surface area contributed by atoms with E-state index < -0.39 is 5.91 Å². The third-order valence-electron chi connectivity index (χ3n) is 6.40. The van der Waals surface area contributed by atoms with Crippen LogP contribution in [0, 0.1) is 6.92 Å². The van der Waals surface area contributed by atoms with Crippen LogP contribution in [-0.4, -0.2) is 35.2 Å². The zero-order chi connectivity index (χ0) is 24.7. The SMILES string of the molecule is Cc1c(-c2ccc(C3CC3)nc2)cc(C(=O)Nc2cccc(-c3nncn3C(C)C)n2)c(=O)n1C. The summed E-state index contributed by atoms with van der Waals surface area (Å²) in [5.74, 6) is 0.964. The molecule has 0 aromatic carbocycles. The number of carbonyl (C=O) groups is 1. The van der Waals surface area contributed by atoms with Crippen LogP contribution in [0.2, 0.25) is 0 Å². The maximum atomic E-state index is 13.2. The van der Waals surface area contributed by atoms with Crippen LogP contribution in [0.4, 0.5) is 5.82 Å². The summed E-state index contributed by atoms with van der Waals surface area (Å²) >= 11 is 0. The van der Waals surface area contributed by atoms with E-state index in [-0.39, 0.29) is 17.2 Å². The Morgan fingerprint density at radius 3 is 2.66 bits per heavy atom. The van der Waals surface area contributed by atoms with E-state index >= 15 is 0 Å². The van der Waals surface area contributed by atoms with Crippen molar-refractivity contribution in [2.45, 2.75) is 45.6 Å². The van der Waals surface area contributed by atoms with Crippen molar-refractivity contribution in [3.05, 3.63) is 76.2 Å². The molecule has 9 heteroatoms. The van der Waals surface area contributed by atoms with Crippen molar-refractivity contribution in [2.24, 2.45) is 7.05 Å². The first-order valence-corrected chi connectivity index (χ1v) is 11.7. The fraction of sp³-hybridized carbons (Fsp3) is 0.308. The van der Waals surface area contributed by atoms with Gasteiger partial charge in [0.05, 0.1) is 0 Å². The van der Waals surface area contributed by atoms with E-state index in [0.29, 0.717) is 23.3 Å². The lowest BCUT2D eigenvalue weighted by atomic mass is 10.0. The molecule has 4 aromatic heterocycles. The summed E-state index contributed by atoms with van der Waals surface area (Å²) in [5, 5.41) is 10.9. The van der Waals surface area contributed by atoms with Gasteiger partial charge in [0.15, 0.2) is 5.82 Å². The van der Waals surface area contributed by atoms with Gasteiger partial charge in [-0.05, 0) is 57.9 Å². The molecule has 0 unspecified atom stereocenters. The van der Waals surface area contributed by atoms with Crippen molar-refractivity contribution in [1.29, 1.82) is 0 Å². The summed E-state index contributed by atoms with van der Waals surface area (Å²) < 4.78 is 3.40. The second-order valence-electron chi connectivity index (χ2n) is 9.19. The van der Waals surface area contributed by atoms with E-state index in [1.807, 2.05) is 43.7 Å². The fourth-order valence-electron chi connectivity index (χ4n) is 4.08. The molecule has 0 bridgehead atoms. The second kappa shape index (κ2) is 8.90. The molecule has 1 fully saturated rings. The van der Waals surface area contributed by atoms with Crippen molar-refractivity contribution in [3.63, 3.8) is 0 Å². The lowest BCUT2D eigenvalue weighted by Gasteiger charge is -2.14. The highest BCUT2D eigenvalue weighted by molar-refractivity contribution is 6.04. The van der Waals surface area contributed by atoms with Gasteiger partial charge in [0, 0.05) is 47.7 Å². The van der Waals surface area contributed by atoms with E-state index in [0.717, 1.165) is 22.5 Å². The highest BCUT2D eigenvalue weighted by Crippen LogP contribution is 2.39. The number of hydrogen-bond acceptors (Lipinski definition) is 6. The number of aromatic nitrogens is 6. The van der Waals surface area contributed by atoms with Crippen molar-refractivity contribution < 1.29 is 4.79 Å². The summed E-state index contributed by atoms with van der Waals surface area (Å²) in [6.45, 7) is 5.92. The molecule has 4 aromatic rings. The minimum Gasteiger partial charge on any atom is -0.315 e. The molecule has 0 aliphatic heterocycles. The number of carbonyl (C=O) groups excluding carboxylic acids is 1. The quantitative estimate of drug-likeness (QED) is 0.455. The van der Waals surface area contributed by atoms with Crippen LogP contribution in [0.5, 0.6) is 0 Å². The third kappa shape index (κ3) is 4.37. The Bertz CT molecular complexity index is 1460. The lowest BCUT2D eigenvalue weighted by Crippen LogP contribution is -2.29. The van der Waals surface area contributed by atoms with Crippen LogP contribution in [0.15, 0.2) is 53.7 Å². The molecular formula is C26H27N7O2. The highest BCUT2D eigenvalue weighted by Gasteiger charge is 2.25. The van der Waals surface area contributed by atoms with Gasteiger partial charge in [-0.2, -0.15) is 0 Å². The zero-order valence-corrected chi connectivity index (χ0v) is 20.2. The minimum absolute atomic E-state index is 0.0388. The fourth-order valence-corrected chi connectivity index (χ4v) is 4.08. The summed E-state index contributed by atoms with van der Waals surface area (Å²) in [6.07, 6.45) is 5.83. The molecule has 0 saturated heterocycles. The van der Waals surface area contributed by atoms with Crippen LogP contribution in [0.3, 0.4) is 0 Å². The molecule has 9 nitrogen and oxygen atoms in total. The van der Waals surface area contributed by atoms with Crippen molar-refractivity contribution in [2.75, 3.05) is 5.32 Å². The number of nitrogens with one attached hydrogen (secondary N) is 1. The largest absolute Gasteiger partial charge is 0.315 e. The Morgan fingerprint density at radius 1 is 1.17 bits per heavy atom. The monoisotopic (exact) mass is 469 g/mol. The molecule has 1 amide bonds. The van der Waals surface area contributed by atoms with E-state index in [4.69, 9.17) is 0 Å². The topological polar surface area (TPSA) is 108 Å². The molecule has 1 aliphatic carbocycles. The van der Waals surface area contributed by atoms with Gasteiger partial charge in [0.25, 0.3) is 11.5 Å². The molecule has 4 heterocycles. The van der Waals surface area contributed by atoms with Gasteiger partial charge in [-0.15, -0.1) is 10.2 Å². The van der Waals surface area contributed by atoms with Crippen LogP contribution >= 0.6 is 0 Å². The smallest absolute Gasteiger partial charge is 0.263 e. The lowest BCUT2D eigenvalue weighted by molar-refractivity contribution is 0.102. The van der Waals surface area contributed by atoms with Gasteiger partial charge >= 0.3 is 0 Å². The Labute approximate surface area is 202 Å². The minimum atomic E-state index is -0.524. The van der Waals surface area contributed by atoms with Crippen LogP contribution in [0.25, 0.3) is 22.6 Å². The molecule has 1 N–H and O–H groups in total. The van der Waals surface area contributed by atoms with E-state index in [1.54, 1.807) is 37.6 Å². The molecule has 5 rings (SSSR count). The number of hydrogen-bond donors (Lipinski definition) is 1. The van der Waals surface area contributed by atoms with Gasteiger partial charge in [-0.3, -0.25) is 14.6 Å². The molecule has 0 radical (unpaired) electrons. The van der Waals surface area contributed by atoms with Gasteiger partial charge in [0.2, 0.25) is 0 Å². The van der Waals surface area contributed by atoms with Crippen LogP contribution < -0.4 is 10.9 Å². The van der Waals surface area contributed by atoms with Crippen molar-refractivity contribution >= 4 is 11.7 Å². The number of anilines is 1. The van der Waals surface area contributed by atoms with Gasteiger partial charge in [-0.25, -0.2) is 4.98 Å². The summed E-state index contributed by atoms with van der Waals surface area (Å²) in [6, 6.07) is 11.1. The first kappa shape index (κ1) is 22.6. The number of nitrogens with zero attached hydrogens (tertiary/aromatic N) is 6. The Balaban J connectivity index is 1.46. The van der Waals surface area contributed by atoms with Gasteiger partial charge < -0.3 is 14.5 Å². The predicted octanol–water partition coefficient (Wildman–Crippen LogP) is 4.12. The molecule has 178 valence electrons. The Morgan fingerprint density at radius 2 is 1.97 bits per heavy atom. The van der Waals surface area contributed by atoms with Gasteiger partial charge in [0.1, 0.15) is 23.4 Å². The first-order valence-electron chi connectivity index (χ1n) is 11.7. The Hall–Kier alpha value is -4.14. The molecule has 35 heavy (non-hydrogen) atoms.